The number of halogens is 2. The minimum Gasteiger partial charge on any atom is -0.410 e. The van der Waals surface area contributed by atoms with Crippen LogP contribution < -0.4 is 10.7 Å². The Morgan fingerprint density at radius 2 is 2.00 bits per heavy atom. The first-order chi connectivity index (χ1) is 4.74. The predicted octanol–water partition coefficient (Wildman–Crippen LogP) is 2.25. The van der Waals surface area contributed by atoms with Gasteiger partial charge in [-0.1, -0.05) is 23.2 Å². The molecular formula is C6H5Cl2NO. The monoisotopic (exact) mass is 177 g/mol. The van der Waals surface area contributed by atoms with Gasteiger partial charge in [-0.3, -0.25) is 0 Å². The molecule has 4 heteroatoms. The number of benzene rings is 1. The van der Waals surface area contributed by atoms with Gasteiger partial charge in [0.2, 0.25) is 0 Å². The van der Waals surface area contributed by atoms with Crippen molar-refractivity contribution in [3.05, 3.63) is 28.2 Å². The van der Waals surface area contributed by atoms with Gasteiger partial charge < -0.3 is 4.84 Å². The fourth-order valence-corrected chi connectivity index (χ4v) is 0.892. The largest absolute Gasteiger partial charge is 0.410 e. The Hall–Kier alpha value is -0.440. The van der Waals surface area contributed by atoms with Crippen molar-refractivity contribution in [1.82, 2.24) is 0 Å². The normalized spacial score (nSPS) is 9.50. The summed E-state index contributed by atoms with van der Waals surface area (Å²) >= 11 is 11.2. The van der Waals surface area contributed by atoms with Crippen LogP contribution in [-0.4, -0.2) is 0 Å². The molecule has 0 spiro atoms. The molecule has 0 aliphatic heterocycles. The quantitative estimate of drug-likeness (QED) is 0.669. The lowest BCUT2D eigenvalue weighted by Gasteiger charge is -1.99. The van der Waals surface area contributed by atoms with Gasteiger partial charge in [0, 0.05) is 11.1 Å². The van der Waals surface area contributed by atoms with E-state index >= 15 is 0 Å². The zero-order valence-electron chi connectivity index (χ0n) is 4.97. The third-order valence-electron chi connectivity index (χ3n) is 1.02. The lowest BCUT2D eigenvalue weighted by atomic mass is 10.3. The second kappa shape index (κ2) is 3.10. The van der Waals surface area contributed by atoms with Crippen LogP contribution in [-0.2, 0) is 0 Å². The fourth-order valence-electron chi connectivity index (χ4n) is 0.568. The highest BCUT2D eigenvalue weighted by Crippen LogP contribution is 2.26. The van der Waals surface area contributed by atoms with E-state index < -0.39 is 0 Å². The summed E-state index contributed by atoms with van der Waals surface area (Å²) in [5.74, 6) is 5.26. The third kappa shape index (κ3) is 1.53. The number of nitrogens with two attached hydrogens (primary N) is 1. The number of hydrogen-bond acceptors (Lipinski definition) is 2. The minimum absolute atomic E-state index is 0.383. The van der Waals surface area contributed by atoms with E-state index in [4.69, 9.17) is 29.1 Å². The molecule has 0 bridgehead atoms. The molecule has 0 aliphatic carbocycles. The second-order valence-electron chi connectivity index (χ2n) is 1.69. The Morgan fingerprint density at radius 3 is 2.50 bits per heavy atom. The maximum Gasteiger partial charge on any atom is 0.166 e. The van der Waals surface area contributed by atoms with E-state index in [-0.39, 0.29) is 0 Å². The second-order valence-corrected chi connectivity index (χ2v) is 2.54. The molecule has 0 heterocycles. The summed E-state index contributed by atoms with van der Waals surface area (Å²) in [6.07, 6.45) is 0. The summed E-state index contributed by atoms with van der Waals surface area (Å²) in [4.78, 5) is 4.41. The molecule has 1 rings (SSSR count). The van der Waals surface area contributed by atoms with Crippen molar-refractivity contribution < 1.29 is 4.84 Å². The van der Waals surface area contributed by atoms with Gasteiger partial charge in [0.25, 0.3) is 0 Å². The van der Waals surface area contributed by atoms with Gasteiger partial charge in [-0.05, 0) is 12.1 Å². The van der Waals surface area contributed by atoms with Gasteiger partial charge >= 0.3 is 0 Å². The topological polar surface area (TPSA) is 35.2 Å². The predicted molar refractivity (Wildman–Crippen MR) is 41.3 cm³/mol. The maximum atomic E-state index is 5.63. The molecule has 0 saturated heterocycles. The van der Waals surface area contributed by atoms with E-state index in [0.717, 1.165) is 0 Å². The first kappa shape index (κ1) is 7.66. The van der Waals surface area contributed by atoms with Gasteiger partial charge in [0.1, 0.15) is 0 Å². The van der Waals surface area contributed by atoms with E-state index in [0.29, 0.717) is 15.8 Å². The molecule has 2 nitrogen and oxygen atoms in total. The van der Waals surface area contributed by atoms with Gasteiger partial charge in [-0.25, -0.2) is 0 Å². The van der Waals surface area contributed by atoms with Crippen molar-refractivity contribution in [3.8, 4) is 5.75 Å². The Balaban J connectivity index is 3.09. The third-order valence-corrected chi connectivity index (χ3v) is 1.57. The highest BCUT2D eigenvalue weighted by molar-refractivity contribution is 6.34. The van der Waals surface area contributed by atoms with Crippen molar-refractivity contribution in [2.75, 3.05) is 0 Å². The van der Waals surface area contributed by atoms with Gasteiger partial charge in [-0.2, -0.15) is 5.90 Å². The molecule has 2 N–H and O–H groups in total. The fraction of sp³-hybridized carbons (Fsp3) is 0. The number of rotatable bonds is 1. The molecule has 1 aromatic rings. The molecule has 0 aliphatic rings. The molecule has 0 atom stereocenters. The van der Waals surface area contributed by atoms with E-state index in [9.17, 15) is 0 Å². The summed E-state index contributed by atoms with van der Waals surface area (Å²) in [5, 5.41) is 0.997. The van der Waals surface area contributed by atoms with Crippen LogP contribution in [0.1, 0.15) is 0 Å². The molecule has 54 valence electrons. The summed E-state index contributed by atoms with van der Waals surface area (Å²) in [5.41, 5.74) is 0. The molecule has 0 saturated carbocycles. The molecule has 0 unspecified atom stereocenters. The number of hydrogen-bond donors (Lipinski definition) is 1. The zero-order valence-corrected chi connectivity index (χ0v) is 6.49. The Kier molecular flexibility index (Phi) is 2.38. The summed E-state index contributed by atoms with van der Waals surface area (Å²) in [7, 11) is 0. The average molecular weight is 178 g/mol. The molecule has 0 radical (unpaired) electrons. The first-order valence-electron chi connectivity index (χ1n) is 2.56. The van der Waals surface area contributed by atoms with E-state index in [1.807, 2.05) is 0 Å². The Bertz CT molecular complexity index is 239. The summed E-state index contributed by atoms with van der Waals surface area (Å²) in [6.45, 7) is 0. The van der Waals surface area contributed by atoms with Crippen molar-refractivity contribution in [2.45, 2.75) is 0 Å². The average Bonchev–Trinajstić information content (AvgIpc) is 1.94. The lowest BCUT2D eigenvalue weighted by molar-refractivity contribution is 0.335. The Labute approximate surface area is 68.4 Å². The standard InChI is InChI=1S/C6H5Cl2NO/c7-4-1-2-5(8)6(3-4)10-9/h1-3H,9H2. The lowest BCUT2D eigenvalue weighted by Crippen LogP contribution is -2.01. The highest BCUT2D eigenvalue weighted by atomic mass is 35.5. The maximum absolute atomic E-state index is 5.63. The van der Waals surface area contributed by atoms with Crippen molar-refractivity contribution in [1.29, 1.82) is 0 Å². The van der Waals surface area contributed by atoms with Crippen LogP contribution in [0.3, 0.4) is 0 Å². The molecular weight excluding hydrogens is 173 g/mol. The Morgan fingerprint density at radius 1 is 1.30 bits per heavy atom. The van der Waals surface area contributed by atoms with Crippen LogP contribution in [0.4, 0.5) is 0 Å². The van der Waals surface area contributed by atoms with Crippen LogP contribution in [0, 0.1) is 0 Å². The molecule has 10 heavy (non-hydrogen) atoms. The molecule has 0 fully saturated rings. The smallest absolute Gasteiger partial charge is 0.166 e. The van der Waals surface area contributed by atoms with Gasteiger partial charge in [0.05, 0.1) is 5.02 Å². The molecule has 0 aromatic heterocycles. The van der Waals surface area contributed by atoms with Crippen LogP contribution >= 0.6 is 23.2 Å². The van der Waals surface area contributed by atoms with E-state index in [1.165, 1.54) is 0 Å². The van der Waals surface area contributed by atoms with E-state index in [2.05, 4.69) is 4.84 Å². The minimum atomic E-state index is 0.383. The van der Waals surface area contributed by atoms with Crippen molar-refractivity contribution >= 4 is 23.2 Å². The van der Waals surface area contributed by atoms with Crippen LogP contribution in [0.2, 0.25) is 10.0 Å². The van der Waals surface area contributed by atoms with Crippen molar-refractivity contribution in [3.63, 3.8) is 0 Å². The first-order valence-corrected chi connectivity index (χ1v) is 3.31. The van der Waals surface area contributed by atoms with Crippen LogP contribution in [0.15, 0.2) is 18.2 Å². The van der Waals surface area contributed by atoms with Crippen LogP contribution in [0.5, 0.6) is 5.75 Å². The van der Waals surface area contributed by atoms with Gasteiger partial charge in [-0.15, -0.1) is 0 Å². The summed E-state index contributed by atoms with van der Waals surface area (Å²) in [6, 6.07) is 4.82. The molecule has 0 amide bonds. The van der Waals surface area contributed by atoms with Crippen molar-refractivity contribution in [2.24, 2.45) is 5.90 Å². The van der Waals surface area contributed by atoms with E-state index in [1.54, 1.807) is 18.2 Å². The van der Waals surface area contributed by atoms with Gasteiger partial charge in [0.15, 0.2) is 5.75 Å². The SMILES string of the molecule is NOc1cc(Cl)ccc1Cl. The molecule has 1 aromatic carbocycles. The highest BCUT2D eigenvalue weighted by Gasteiger charge is 1.99. The summed E-state index contributed by atoms with van der Waals surface area (Å²) < 4.78 is 0. The van der Waals surface area contributed by atoms with Crippen LogP contribution in [0.25, 0.3) is 0 Å². The zero-order chi connectivity index (χ0) is 7.56.